The van der Waals surface area contributed by atoms with Crippen molar-refractivity contribution in [2.75, 3.05) is 24.7 Å². The predicted octanol–water partition coefficient (Wildman–Crippen LogP) is 0.292. The number of rotatable bonds is 5. The number of hydrogen-bond donors (Lipinski definition) is 2. The first-order chi connectivity index (χ1) is 9.43. The molecule has 7 heteroatoms. The van der Waals surface area contributed by atoms with Crippen molar-refractivity contribution < 1.29 is 18.6 Å². The highest BCUT2D eigenvalue weighted by molar-refractivity contribution is 7.91. The highest BCUT2D eigenvalue weighted by Gasteiger charge is 2.39. The molecule has 0 saturated carbocycles. The molecule has 0 aliphatic carbocycles. The molecule has 1 heterocycles. The van der Waals surface area contributed by atoms with Gasteiger partial charge in [0.05, 0.1) is 30.3 Å². The van der Waals surface area contributed by atoms with Crippen LogP contribution >= 0.6 is 11.6 Å². The Morgan fingerprint density at radius 1 is 1.30 bits per heavy atom. The zero-order valence-electron chi connectivity index (χ0n) is 10.9. The van der Waals surface area contributed by atoms with Crippen molar-refractivity contribution >= 4 is 21.4 Å². The van der Waals surface area contributed by atoms with Crippen LogP contribution in [0.1, 0.15) is 5.56 Å². The lowest BCUT2D eigenvalue weighted by Gasteiger charge is -2.29. The molecule has 2 rings (SSSR count). The fraction of sp³-hybridized carbons (Fsp3) is 0.538. The third kappa shape index (κ3) is 3.71. The standard InChI is InChI=1S/C13H18ClNO4S/c14-11-4-2-1-3-10(11)7-15(5-6-16)12-8-20(18,19)9-13(12)17/h1-4,12-13,16-17H,5-9H2/t12-,13-/m0/s1. The van der Waals surface area contributed by atoms with Gasteiger partial charge in [0.2, 0.25) is 0 Å². The van der Waals surface area contributed by atoms with E-state index in [4.69, 9.17) is 16.7 Å². The summed E-state index contributed by atoms with van der Waals surface area (Å²) in [6.45, 7) is 0.591. The number of hydrogen-bond acceptors (Lipinski definition) is 5. The summed E-state index contributed by atoms with van der Waals surface area (Å²) < 4.78 is 23.2. The maximum absolute atomic E-state index is 11.6. The minimum absolute atomic E-state index is 0.0847. The molecule has 0 amide bonds. The van der Waals surface area contributed by atoms with E-state index in [1.165, 1.54) is 0 Å². The van der Waals surface area contributed by atoms with Crippen molar-refractivity contribution in [3.8, 4) is 0 Å². The van der Waals surface area contributed by atoms with Gasteiger partial charge < -0.3 is 10.2 Å². The lowest BCUT2D eigenvalue weighted by Crippen LogP contribution is -2.44. The van der Waals surface area contributed by atoms with E-state index in [0.29, 0.717) is 18.1 Å². The molecule has 112 valence electrons. The maximum atomic E-state index is 11.6. The van der Waals surface area contributed by atoms with E-state index in [1.807, 2.05) is 18.2 Å². The molecule has 2 atom stereocenters. The van der Waals surface area contributed by atoms with Crippen LogP contribution in [0.15, 0.2) is 24.3 Å². The van der Waals surface area contributed by atoms with Gasteiger partial charge in [0.1, 0.15) is 0 Å². The summed E-state index contributed by atoms with van der Waals surface area (Å²) in [5, 5.41) is 19.7. The van der Waals surface area contributed by atoms with Crippen LogP contribution < -0.4 is 0 Å². The Morgan fingerprint density at radius 3 is 2.55 bits per heavy atom. The van der Waals surface area contributed by atoms with Gasteiger partial charge in [0.15, 0.2) is 9.84 Å². The van der Waals surface area contributed by atoms with Crippen LogP contribution in [0.25, 0.3) is 0 Å². The van der Waals surface area contributed by atoms with Crippen molar-refractivity contribution in [2.45, 2.75) is 18.7 Å². The average molecular weight is 320 g/mol. The van der Waals surface area contributed by atoms with Crippen LogP contribution in [-0.4, -0.2) is 60.3 Å². The molecular weight excluding hydrogens is 302 g/mol. The van der Waals surface area contributed by atoms with Crippen LogP contribution in [0.3, 0.4) is 0 Å². The van der Waals surface area contributed by atoms with E-state index in [0.717, 1.165) is 5.56 Å². The van der Waals surface area contributed by atoms with Gasteiger partial charge in [-0.2, -0.15) is 0 Å². The maximum Gasteiger partial charge on any atom is 0.154 e. The lowest BCUT2D eigenvalue weighted by atomic mass is 10.1. The van der Waals surface area contributed by atoms with E-state index in [9.17, 15) is 13.5 Å². The number of sulfone groups is 1. The zero-order chi connectivity index (χ0) is 14.8. The van der Waals surface area contributed by atoms with Crippen LogP contribution in [-0.2, 0) is 16.4 Å². The Hall–Kier alpha value is -0.660. The molecule has 1 saturated heterocycles. The van der Waals surface area contributed by atoms with E-state index in [2.05, 4.69) is 0 Å². The smallest absolute Gasteiger partial charge is 0.154 e. The SMILES string of the molecule is O=S1(=O)C[C@H](O)[C@@H](N(CCO)Cc2ccccc2Cl)C1. The highest BCUT2D eigenvalue weighted by Crippen LogP contribution is 2.23. The highest BCUT2D eigenvalue weighted by atomic mass is 35.5. The van der Waals surface area contributed by atoms with Gasteiger partial charge >= 0.3 is 0 Å². The monoisotopic (exact) mass is 319 g/mol. The quantitative estimate of drug-likeness (QED) is 0.816. The van der Waals surface area contributed by atoms with E-state index >= 15 is 0 Å². The second kappa shape index (κ2) is 6.41. The molecule has 1 aliphatic rings. The summed E-state index contributed by atoms with van der Waals surface area (Å²) in [6.07, 6.45) is -0.922. The number of aliphatic hydroxyl groups is 2. The molecule has 5 nitrogen and oxygen atoms in total. The van der Waals surface area contributed by atoms with Crippen molar-refractivity contribution in [3.05, 3.63) is 34.9 Å². The predicted molar refractivity (Wildman–Crippen MR) is 77.4 cm³/mol. The van der Waals surface area contributed by atoms with Gasteiger partial charge in [-0.25, -0.2) is 8.42 Å². The summed E-state index contributed by atoms with van der Waals surface area (Å²) in [6, 6.07) is 6.78. The van der Waals surface area contributed by atoms with Crippen LogP contribution in [0.5, 0.6) is 0 Å². The minimum Gasteiger partial charge on any atom is -0.395 e. The molecule has 0 aromatic heterocycles. The first-order valence-corrected chi connectivity index (χ1v) is 8.59. The van der Waals surface area contributed by atoms with E-state index in [-0.39, 0.29) is 18.1 Å². The van der Waals surface area contributed by atoms with Crippen LogP contribution in [0, 0.1) is 0 Å². The van der Waals surface area contributed by atoms with Gasteiger partial charge in [-0.3, -0.25) is 4.90 Å². The molecule has 1 aliphatic heterocycles. The first-order valence-electron chi connectivity index (χ1n) is 6.40. The fourth-order valence-corrected chi connectivity index (χ4v) is 4.52. The van der Waals surface area contributed by atoms with Crippen molar-refractivity contribution in [3.63, 3.8) is 0 Å². The number of halogens is 1. The van der Waals surface area contributed by atoms with Crippen molar-refractivity contribution in [1.82, 2.24) is 4.90 Å². The van der Waals surface area contributed by atoms with Gasteiger partial charge in [0.25, 0.3) is 0 Å². The van der Waals surface area contributed by atoms with Gasteiger partial charge in [0, 0.05) is 18.1 Å². The number of nitrogens with zero attached hydrogens (tertiary/aromatic N) is 1. The Kier molecular flexibility index (Phi) is 5.04. The Bertz CT molecular complexity index is 563. The molecule has 1 aromatic carbocycles. The molecule has 0 unspecified atom stereocenters. The average Bonchev–Trinajstić information content (AvgIpc) is 2.65. The fourth-order valence-electron chi connectivity index (χ4n) is 2.50. The van der Waals surface area contributed by atoms with Crippen LogP contribution in [0.4, 0.5) is 0 Å². The summed E-state index contributed by atoms with van der Waals surface area (Å²) in [5.41, 5.74) is 0.846. The third-order valence-corrected chi connectivity index (χ3v) is 5.55. The summed E-state index contributed by atoms with van der Waals surface area (Å²) in [5.74, 6) is -0.305. The summed E-state index contributed by atoms with van der Waals surface area (Å²) in [4.78, 5) is 1.77. The van der Waals surface area contributed by atoms with Crippen molar-refractivity contribution in [2.24, 2.45) is 0 Å². The molecule has 0 spiro atoms. The molecule has 0 bridgehead atoms. The zero-order valence-corrected chi connectivity index (χ0v) is 12.5. The largest absolute Gasteiger partial charge is 0.395 e. The summed E-state index contributed by atoms with van der Waals surface area (Å²) >= 11 is 6.10. The first kappa shape index (κ1) is 15.7. The minimum atomic E-state index is -3.22. The van der Waals surface area contributed by atoms with Crippen molar-refractivity contribution in [1.29, 1.82) is 0 Å². The Balaban J connectivity index is 2.18. The molecular formula is C13H18ClNO4S. The molecule has 0 radical (unpaired) electrons. The second-order valence-electron chi connectivity index (χ2n) is 5.00. The molecule has 2 N–H and O–H groups in total. The topological polar surface area (TPSA) is 77.8 Å². The molecule has 1 fully saturated rings. The molecule has 20 heavy (non-hydrogen) atoms. The number of benzene rings is 1. The molecule has 1 aromatic rings. The van der Waals surface area contributed by atoms with Crippen LogP contribution in [0.2, 0.25) is 5.02 Å². The van der Waals surface area contributed by atoms with Gasteiger partial charge in [-0.15, -0.1) is 0 Å². The van der Waals surface area contributed by atoms with Gasteiger partial charge in [-0.05, 0) is 11.6 Å². The second-order valence-corrected chi connectivity index (χ2v) is 7.56. The Labute approximate surface area is 123 Å². The summed E-state index contributed by atoms with van der Waals surface area (Å²) in [7, 11) is -3.22. The normalized spacial score (nSPS) is 25.2. The Morgan fingerprint density at radius 2 is 2.00 bits per heavy atom. The van der Waals surface area contributed by atoms with E-state index < -0.39 is 22.0 Å². The van der Waals surface area contributed by atoms with Gasteiger partial charge in [-0.1, -0.05) is 29.8 Å². The number of aliphatic hydroxyl groups excluding tert-OH is 2. The van der Waals surface area contributed by atoms with E-state index in [1.54, 1.807) is 11.0 Å². The third-order valence-electron chi connectivity index (χ3n) is 3.48. The lowest BCUT2D eigenvalue weighted by molar-refractivity contribution is 0.0655.